The van der Waals surface area contributed by atoms with Crippen molar-refractivity contribution in [1.29, 1.82) is 0 Å². The van der Waals surface area contributed by atoms with Gasteiger partial charge in [0.2, 0.25) is 0 Å². The number of rotatable bonds is 4. The number of phenolic OH excluding ortho intramolecular Hbond substituents is 1. The lowest BCUT2D eigenvalue weighted by atomic mass is 10.3. The molecule has 0 atom stereocenters. The van der Waals surface area contributed by atoms with Crippen LogP contribution in [0.3, 0.4) is 0 Å². The monoisotopic (exact) mass is 236 g/mol. The first-order chi connectivity index (χ1) is 7.42. The fourth-order valence-electron chi connectivity index (χ4n) is 1.05. The van der Waals surface area contributed by atoms with Crippen molar-refractivity contribution in [1.82, 2.24) is 0 Å². The highest BCUT2D eigenvalue weighted by Crippen LogP contribution is 2.31. The summed E-state index contributed by atoms with van der Waals surface area (Å²) in [7, 11) is 1.34. The van der Waals surface area contributed by atoms with Crippen LogP contribution < -0.4 is 9.47 Å². The summed E-state index contributed by atoms with van der Waals surface area (Å²) >= 11 is 0. The quantitative estimate of drug-likeness (QED) is 0.873. The third-order valence-electron chi connectivity index (χ3n) is 1.79. The molecule has 1 N–H and O–H groups in total. The van der Waals surface area contributed by atoms with Gasteiger partial charge in [0.1, 0.15) is 5.75 Å². The molecular weight excluding hydrogens is 225 g/mol. The number of hydrogen-bond acceptors (Lipinski definition) is 3. The number of alkyl halides is 3. The van der Waals surface area contributed by atoms with E-state index in [4.69, 9.17) is 14.6 Å². The predicted molar refractivity (Wildman–Crippen MR) is 50.8 cm³/mol. The van der Waals surface area contributed by atoms with Crippen molar-refractivity contribution >= 4 is 0 Å². The SMILES string of the molecule is COc1cc(O)ccc1OCCC(F)(F)F. The van der Waals surface area contributed by atoms with Gasteiger partial charge < -0.3 is 14.6 Å². The predicted octanol–water partition coefficient (Wildman–Crippen LogP) is 2.73. The molecule has 0 aromatic heterocycles. The summed E-state index contributed by atoms with van der Waals surface area (Å²) in [6.45, 7) is -0.482. The topological polar surface area (TPSA) is 38.7 Å². The van der Waals surface area contributed by atoms with Crippen LogP contribution in [0.2, 0.25) is 0 Å². The van der Waals surface area contributed by atoms with E-state index >= 15 is 0 Å². The Bertz CT molecular complexity index is 350. The van der Waals surface area contributed by atoms with E-state index in [9.17, 15) is 13.2 Å². The van der Waals surface area contributed by atoms with Crippen molar-refractivity contribution in [2.45, 2.75) is 12.6 Å². The molecule has 0 spiro atoms. The number of methoxy groups -OCH3 is 1. The molecule has 0 radical (unpaired) electrons. The molecular formula is C10H11F3O3. The van der Waals surface area contributed by atoms with Crippen LogP contribution in [-0.4, -0.2) is 25.0 Å². The lowest BCUT2D eigenvalue weighted by Crippen LogP contribution is -2.13. The van der Waals surface area contributed by atoms with Crippen LogP contribution >= 0.6 is 0 Å². The first kappa shape index (κ1) is 12.5. The summed E-state index contributed by atoms with van der Waals surface area (Å²) in [6.07, 6.45) is -5.28. The van der Waals surface area contributed by atoms with Crippen LogP contribution in [0.1, 0.15) is 6.42 Å². The summed E-state index contributed by atoms with van der Waals surface area (Å²) in [5.41, 5.74) is 0. The van der Waals surface area contributed by atoms with E-state index in [-0.39, 0.29) is 17.2 Å². The van der Waals surface area contributed by atoms with Gasteiger partial charge in [-0.3, -0.25) is 0 Å². The molecule has 0 amide bonds. The number of phenols is 1. The first-order valence-corrected chi connectivity index (χ1v) is 4.49. The van der Waals surface area contributed by atoms with Gasteiger partial charge in [0.25, 0.3) is 0 Å². The van der Waals surface area contributed by atoms with E-state index in [0.717, 1.165) is 0 Å². The van der Waals surface area contributed by atoms with E-state index in [1.807, 2.05) is 0 Å². The minimum absolute atomic E-state index is 0.0416. The fourth-order valence-corrected chi connectivity index (χ4v) is 1.05. The molecule has 3 nitrogen and oxygen atoms in total. The summed E-state index contributed by atoms with van der Waals surface area (Å²) in [5.74, 6) is 0.326. The Morgan fingerprint density at radius 3 is 2.50 bits per heavy atom. The van der Waals surface area contributed by atoms with Crippen LogP contribution in [0.5, 0.6) is 17.2 Å². The van der Waals surface area contributed by atoms with Crippen molar-refractivity contribution in [3.63, 3.8) is 0 Å². The van der Waals surface area contributed by atoms with Gasteiger partial charge in [-0.05, 0) is 12.1 Å². The zero-order valence-corrected chi connectivity index (χ0v) is 8.54. The number of aromatic hydroxyl groups is 1. The van der Waals surface area contributed by atoms with Crippen LogP contribution in [-0.2, 0) is 0 Å². The van der Waals surface area contributed by atoms with Crippen molar-refractivity contribution in [2.75, 3.05) is 13.7 Å². The summed E-state index contributed by atoms with van der Waals surface area (Å²) in [4.78, 5) is 0. The van der Waals surface area contributed by atoms with Gasteiger partial charge in [0, 0.05) is 6.07 Å². The zero-order chi connectivity index (χ0) is 12.2. The maximum atomic E-state index is 11.9. The Balaban J connectivity index is 2.60. The largest absolute Gasteiger partial charge is 0.508 e. The summed E-state index contributed by atoms with van der Waals surface area (Å²) in [5, 5.41) is 9.11. The van der Waals surface area contributed by atoms with E-state index in [0.29, 0.717) is 0 Å². The average molecular weight is 236 g/mol. The summed E-state index contributed by atoms with van der Waals surface area (Å²) < 4.78 is 45.3. The molecule has 6 heteroatoms. The highest BCUT2D eigenvalue weighted by molar-refractivity contribution is 5.44. The normalized spacial score (nSPS) is 11.2. The number of ether oxygens (including phenoxy) is 2. The Labute approximate surface area is 90.4 Å². The van der Waals surface area contributed by atoms with E-state index in [1.54, 1.807) is 0 Å². The minimum atomic E-state index is -4.25. The molecule has 90 valence electrons. The van der Waals surface area contributed by atoms with Crippen LogP contribution in [0.4, 0.5) is 13.2 Å². The van der Waals surface area contributed by atoms with Crippen molar-refractivity contribution in [3.05, 3.63) is 18.2 Å². The molecule has 1 aromatic rings. The molecule has 0 bridgehead atoms. The van der Waals surface area contributed by atoms with Crippen LogP contribution in [0.25, 0.3) is 0 Å². The van der Waals surface area contributed by atoms with Gasteiger partial charge >= 0.3 is 6.18 Å². The van der Waals surface area contributed by atoms with E-state index in [2.05, 4.69) is 0 Å². The Hall–Kier alpha value is -1.59. The fraction of sp³-hybridized carbons (Fsp3) is 0.400. The molecule has 0 saturated heterocycles. The van der Waals surface area contributed by atoms with Gasteiger partial charge in [-0.1, -0.05) is 0 Å². The average Bonchev–Trinajstić information content (AvgIpc) is 2.18. The van der Waals surface area contributed by atoms with E-state index in [1.165, 1.54) is 25.3 Å². The first-order valence-electron chi connectivity index (χ1n) is 4.49. The maximum Gasteiger partial charge on any atom is 0.392 e. The van der Waals surface area contributed by atoms with Gasteiger partial charge in [0.05, 0.1) is 20.1 Å². The third-order valence-corrected chi connectivity index (χ3v) is 1.79. The molecule has 0 aliphatic heterocycles. The second-order valence-corrected chi connectivity index (χ2v) is 3.05. The van der Waals surface area contributed by atoms with Crippen LogP contribution in [0.15, 0.2) is 18.2 Å². The lowest BCUT2D eigenvalue weighted by molar-refractivity contribution is -0.139. The number of benzene rings is 1. The molecule has 0 saturated carbocycles. The standard InChI is InChI=1S/C10H11F3O3/c1-15-9-6-7(14)2-3-8(9)16-5-4-10(11,12)13/h2-3,6,14H,4-5H2,1H3. The molecule has 0 fully saturated rings. The molecule has 1 aromatic carbocycles. The second kappa shape index (κ2) is 4.96. The Morgan fingerprint density at radius 1 is 1.25 bits per heavy atom. The number of hydrogen-bond donors (Lipinski definition) is 1. The van der Waals surface area contributed by atoms with E-state index < -0.39 is 19.2 Å². The zero-order valence-electron chi connectivity index (χ0n) is 8.54. The van der Waals surface area contributed by atoms with Crippen molar-refractivity contribution in [2.24, 2.45) is 0 Å². The van der Waals surface area contributed by atoms with Crippen LogP contribution in [0, 0.1) is 0 Å². The number of halogens is 3. The highest BCUT2D eigenvalue weighted by Gasteiger charge is 2.27. The van der Waals surface area contributed by atoms with Gasteiger partial charge in [-0.2, -0.15) is 13.2 Å². The Kier molecular flexibility index (Phi) is 3.87. The van der Waals surface area contributed by atoms with Gasteiger partial charge in [-0.25, -0.2) is 0 Å². The minimum Gasteiger partial charge on any atom is -0.508 e. The molecule has 0 aliphatic rings. The van der Waals surface area contributed by atoms with Gasteiger partial charge in [-0.15, -0.1) is 0 Å². The molecule has 0 unspecified atom stereocenters. The Morgan fingerprint density at radius 2 is 1.94 bits per heavy atom. The van der Waals surface area contributed by atoms with Crippen molar-refractivity contribution < 1.29 is 27.8 Å². The third kappa shape index (κ3) is 3.88. The molecule has 16 heavy (non-hydrogen) atoms. The summed E-state index contributed by atoms with van der Waals surface area (Å²) in [6, 6.07) is 3.93. The molecule has 0 aliphatic carbocycles. The second-order valence-electron chi connectivity index (χ2n) is 3.05. The lowest BCUT2D eigenvalue weighted by Gasteiger charge is -2.11. The smallest absolute Gasteiger partial charge is 0.392 e. The van der Waals surface area contributed by atoms with Gasteiger partial charge in [0.15, 0.2) is 11.5 Å². The molecule has 1 rings (SSSR count). The highest BCUT2D eigenvalue weighted by atomic mass is 19.4. The molecule has 0 heterocycles. The maximum absolute atomic E-state index is 11.9. The van der Waals surface area contributed by atoms with Crippen molar-refractivity contribution in [3.8, 4) is 17.2 Å².